The third-order valence-corrected chi connectivity index (χ3v) is 5.79. The van der Waals surface area contributed by atoms with Gasteiger partial charge in [-0.2, -0.15) is 0 Å². The zero-order valence-corrected chi connectivity index (χ0v) is 16.7. The topological polar surface area (TPSA) is 42.3 Å². The van der Waals surface area contributed by atoms with Crippen LogP contribution in [0.1, 0.15) is 53.5 Å². The van der Waals surface area contributed by atoms with Crippen molar-refractivity contribution < 1.29 is 9.59 Å². The SMILES string of the molecule is CCn1c(C)cc(C(=O)N2CCC[C@@H](C(=O)CCc3ccccc3)C2)c1C. The van der Waals surface area contributed by atoms with Crippen molar-refractivity contribution in [3.63, 3.8) is 0 Å². The lowest BCUT2D eigenvalue weighted by molar-refractivity contribution is -0.124. The van der Waals surface area contributed by atoms with Crippen molar-refractivity contribution in [2.75, 3.05) is 13.1 Å². The molecule has 1 aliphatic heterocycles. The third-order valence-electron chi connectivity index (χ3n) is 5.79. The first-order chi connectivity index (χ1) is 13.0. The predicted octanol–water partition coefficient (Wildman–Crippen LogP) is 4.18. The number of likely N-dealkylation sites (tertiary alicyclic amines) is 1. The molecule has 1 aliphatic rings. The summed E-state index contributed by atoms with van der Waals surface area (Å²) in [6, 6.07) is 12.1. The highest BCUT2D eigenvalue weighted by molar-refractivity contribution is 5.96. The number of ketones is 1. The van der Waals surface area contributed by atoms with E-state index in [4.69, 9.17) is 0 Å². The molecule has 1 aromatic carbocycles. The standard InChI is InChI=1S/C23H30N2O2/c1-4-25-17(2)15-21(18(25)3)23(27)24-14-8-11-20(16-24)22(26)13-12-19-9-6-5-7-10-19/h5-7,9-10,15,20H,4,8,11-14,16H2,1-3H3/t20-/m1/s1. The number of hydrogen-bond acceptors (Lipinski definition) is 2. The van der Waals surface area contributed by atoms with Gasteiger partial charge in [0.05, 0.1) is 5.56 Å². The van der Waals surface area contributed by atoms with Crippen molar-refractivity contribution in [2.24, 2.45) is 5.92 Å². The van der Waals surface area contributed by atoms with Crippen molar-refractivity contribution in [3.8, 4) is 0 Å². The van der Waals surface area contributed by atoms with Gasteiger partial charge in [0.1, 0.15) is 5.78 Å². The molecular formula is C23H30N2O2. The van der Waals surface area contributed by atoms with E-state index in [1.54, 1.807) is 0 Å². The Labute approximate surface area is 162 Å². The van der Waals surface area contributed by atoms with E-state index in [1.165, 1.54) is 5.56 Å². The Morgan fingerprint density at radius 3 is 2.56 bits per heavy atom. The van der Waals surface area contributed by atoms with Crippen molar-refractivity contribution in [3.05, 3.63) is 58.9 Å². The van der Waals surface area contributed by atoms with Crippen LogP contribution in [-0.4, -0.2) is 34.2 Å². The number of rotatable bonds is 6. The number of aromatic nitrogens is 1. The van der Waals surface area contributed by atoms with E-state index >= 15 is 0 Å². The fourth-order valence-corrected chi connectivity index (χ4v) is 4.22. The van der Waals surface area contributed by atoms with Crippen LogP contribution in [0.25, 0.3) is 0 Å². The smallest absolute Gasteiger partial charge is 0.255 e. The summed E-state index contributed by atoms with van der Waals surface area (Å²) in [6.45, 7) is 8.32. The average molecular weight is 367 g/mol. The molecule has 4 heteroatoms. The molecule has 0 saturated carbocycles. The number of nitrogens with zero attached hydrogens (tertiary/aromatic N) is 2. The molecule has 1 saturated heterocycles. The lowest BCUT2D eigenvalue weighted by Crippen LogP contribution is -2.42. The number of carbonyl (C=O) groups excluding carboxylic acids is 2. The molecule has 1 atom stereocenters. The van der Waals surface area contributed by atoms with E-state index < -0.39 is 0 Å². The molecule has 0 aliphatic carbocycles. The number of carbonyl (C=O) groups is 2. The number of piperidine rings is 1. The third kappa shape index (κ3) is 4.32. The van der Waals surface area contributed by atoms with Gasteiger partial charge in [-0.15, -0.1) is 0 Å². The molecule has 2 heterocycles. The van der Waals surface area contributed by atoms with Gasteiger partial charge in [0.25, 0.3) is 5.91 Å². The Morgan fingerprint density at radius 1 is 1.15 bits per heavy atom. The summed E-state index contributed by atoms with van der Waals surface area (Å²) >= 11 is 0. The number of aryl methyl sites for hydroxylation is 2. The van der Waals surface area contributed by atoms with Crippen LogP contribution in [0.5, 0.6) is 0 Å². The molecule has 2 aromatic rings. The van der Waals surface area contributed by atoms with E-state index in [1.807, 2.05) is 43.0 Å². The first-order valence-electron chi connectivity index (χ1n) is 10.0. The number of amides is 1. The minimum absolute atomic E-state index is 0.0268. The molecule has 1 fully saturated rings. The van der Waals surface area contributed by atoms with Gasteiger partial charge in [-0.3, -0.25) is 9.59 Å². The summed E-state index contributed by atoms with van der Waals surface area (Å²) in [4.78, 5) is 27.6. The van der Waals surface area contributed by atoms with Crippen LogP contribution in [0.2, 0.25) is 0 Å². The Kier molecular flexibility index (Phi) is 6.15. The number of Topliss-reactive ketones (excluding diaryl/α,β-unsaturated/α-hetero) is 1. The van der Waals surface area contributed by atoms with Crippen LogP contribution in [-0.2, 0) is 17.8 Å². The largest absolute Gasteiger partial charge is 0.349 e. The van der Waals surface area contributed by atoms with Crippen molar-refractivity contribution in [2.45, 2.75) is 53.0 Å². The van der Waals surface area contributed by atoms with E-state index in [-0.39, 0.29) is 17.6 Å². The lowest BCUT2D eigenvalue weighted by Gasteiger charge is -2.32. The minimum Gasteiger partial charge on any atom is -0.349 e. The summed E-state index contributed by atoms with van der Waals surface area (Å²) < 4.78 is 2.17. The molecule has 4 nitrogen and oxygen atoms in total. The van der Waals surface area contributed by atoms with Crippen LogP contribution >= 0.6 is 0 Å². The van der Waals surface area contributed by atoms with Gasteiger partial charge in [0, 0.05) is 43.4 Å². The predicted molar refractivity (Wildman–Crippen MR) is 108 cm³/mol. The molecule has 27 heavy (non-hydrogen) atoms. The average Bonchev–Trinajstić information content (AvgIpc) is 2.99. The highest BCUT2D eigenvalue weighted by atomic mass is 16.2. The maximum Gasteiger partial charge on any atom is 0.255 e. The summed E-state index contributed by atoms with van der Waals surface area (Å²) in [5, 5.41) is 0. The van der Waals surface area contributed by atoms with Gasteiger partial charge in [-0.25, -0.2) is 0 Å². The van der Waals surface area contributed by atoms with E-state index in [2.05, 4.69) is 23.6 Å². The zero-order chi connectivity index (χ0) is 19.4. The van der Waals surface area contributed by atoms with Crippen LogP contribution in [0.3, 0.4) is 0 Å². The van der Waals surface area contributed by atoms with Gasteiger partial charge in [0.2, 0.25) is 0 Å². The molecule has 0 bridgehead atoms. The van der Waals surface area contributed by atoms with Crippen LogP contribution in [0.4, 0.5) is 0 Å². The van der Waals surface area contributed by atoms with Crippen molar-refractivity contribution in [1.82, 2.24) is 9.47 Å². The maximum absolute atomic E-state index is 13.1. The van der Waals surface area contributed by atoms with Gasteiger partial charge >= 0.3 is 0 Å². The molecule has 0 spiro atoms. The highest BCUT2D eigenvalue weighted by Gasteiger charge is 2.29. The Balaban J connectivity index is 1.63. The van der Waals surface area contributed by atoms with Gasteiger partial charge in [0.15, 0.2) is 0 Å². The second-order valence-corrected chi connectivity index (χ2v) is 7.57. The highest BCUT2D eigenvalue weighted by Crippen LogP contribution is 2.23. The molecule has 1 amide bonds. The van der Waals surface area contributed by atoms with Crippen LogP contribution in [0.15, 0.2) is 36.4 Å². The Morgan fingerprint density at radius 2 is 1.89 bits per heavy atom. The van der Waals surface area contributed by atoms with Crippen LogP contribution in [0, 0.1) is 19.8 Å². The summed E-state index contributed by atoms with van der Waals surface area (Å²) in [5.74, 6) is 0.333. The second kappa shape index (κ2) is 8.55. The van der Waals surface area contributed by atoms with Gasteiger partial charge < -0.3 is 9.47 Å². The molecular weight excluding hydrogens is 336 g/mol. The molecule has 0 N–H and O–H groups in total. The quantitative estimate of drug-likeness (QED) is 0.770. The molecule has 144 valence electrons. The molecule has 0 unspecified atom stereocenters. The fourth-order valence-electron chi connectivity index (χ4n) is 4.22. The minimum atomic E-state index is -0.0268. The summed E-state index contributed by atoms with van der Waals surface area (Å²) in [7, 11) is 0. The summed E-state index contributed by atoms with van der Waals surface area (Å²) in [6.07, 6.45) is 3.13. The maximum atomic E-state index is 13.1. The normalized spacial score (nSPS) is 17.1. The van der Waals surface area contributed by atoms with Gasteiger partial charge in [-0.05, 0) is 51.7 Å². The van der Waals surface area contributed by atoms with E-state index in [0.29, 0.717) is 13.0 Å². The Hall–Kier alpha value is -2.36. The summed E-state index contributed by atoms with van der Waals surface area (Å²) in [5.41, 5.74) is 4.12. The van der Waals surface area contributed by atoms with E-state index in [0.717, 1.165) is 49.3 Å². The zero-order valence-electron chi connectivity index (χ0n) is 16.7. The number of benzene rings is 1. The molecule has 0 radical (unpaired) electrons. The van der Waals surface area contributed by atoms with Crippen molar-refractivity contribution >= 4 is 11.7 Å². The molecule has 3 rings (SSSR count). The van der Waals surface area contributed by atoms with Crippen LogP contribution < -0.4 is 0 Å². The van der Waals surface area contributed by atoms with Crippen molar-refractivity contribution in [1.29, 1.82) is 0 Å². The Bertz CT molecular complexity index is 807. The monoisotopic (exact) mass is 366 g/mol. The fraction of sp³-hybridized carbons (Fsp3) is 0.478. The lowest BCUT2D eigenvalue weighted by atomic mass is 9.90. The molecule has 1 aromatic heterocycles. The van der Waals surface area contributed by atoms with Gasteiger partial charge in [-0.1, -0.05) is 30.3 Å². The van der Waals surface area contributed by atoms with E-state index in [9.17, 15) is 9.59 Å². The first-order valence-corrected chi connectivity index (χ1v) is 10.0. The number of hydrogen-bond donors (Lipinski definition) is 0. The second-order valence-electron chi connectivity index (χ2n) is 7.57. The first kappa shape index (κ1) is 19.4.